The van der Waals surface area contributed by atoms with Crippen LogP contribution in [0.1, 0.15) is 51.9 Å². The fourth-order valence-corrected chi connectivity index (χ4v) is 4.04. The fraction of sp³-hybridized carbons (Fsp3) is 1.00. The van der Waals surface area contributed by atoms with Crippen LogP contribution in [0.5, 0.6) is 0 Å². The van der Waals surface area contributed by atoms with E-state index in [1.165, 1.54) is 77.7 Å². The monoisotopic (exact) mass is 250 g/mol. The van der Waals surface area contributed by atoms with Crippen LogP contribution in [0.4, 0.5) is 0 Å². The quantitative estimate of drug-likeness (QED) is 0.760. The van der Waals surface area contributed by atoms with Crippen molar-refractivity contribution in [1.82, 2.24) is 9.80 Å². The normalized spacial score (nSPS) is 36.5. The average Bonchev–Trinajstić information content (AvgIpc) is 2.36. The van der Waals surface area contributed by atoms with Crippen LogP contribution in [0.15, 0.2) is 0 Å². The van der Waals surface area contributed by atoms with Gasteiger partial charge in [-0.15, -0.1) is 0 Å². The third-order valence-electron chi connectivity index (χ3n) is 5.62. The van der Waals surface area contributed by atoms with Crippen LogP contribution < -0.4 is 0 Å². The topological polar surface area (TPSA) is 6.48 Å². The molecule has 0 aromatic carbocycles. The number of piperidine rings is 1. The molecule has 3 aliphatic rings. The molecule has 0 unspecified atom stereocenters. The van der Waals surface area contributed by atoms with Gasteiger partial charge in [-0.25, -0.2) is 0 Å². The summed E-state index contributed by atoms with van der Waals surface area (Å²) in [6, 6.07) is 0.936. The van der Waals surface area contributed by atoms with E-state index in [1.54, 1.807) is 0 Å². The van der Waals surface area contributed by atoms with Gasteiger partial charge in [-0.1, -0.05) is 6.92 Å². The van der Waals surface area contributed by atoms with E-state index in [-0.39, 0.29) is 0 Å². The molecule has 0 bridgehead atoms. The predicted molar refractivity (Wildman–Crippen MR) is 76.8 cm³/mol. The molecule has 0 atom stereocenters. The maximum Gasteiger partial charge on any atom is 0.00954 e. The Morgan fingerprint density at radius 1 is 0.833 bits per heavy atom. The van der Waals surface area contributed by atoms with Gasteiger partial charge in [0.15, 0.2) is 0 Å². The molecule has 0 aromatic heterocycles. The van der Waals surface area contributed by atoms with E-state index in [4.69, 9.17) is 0 Å². The average molecular weight is 250 g/mol. The van der Waals surface area contributed by atoms with E-state index in [1.807, 2.05) is 0 Å². The number of likely N-dealkylation sites (tertiary alicyclic amines) is 2. The van der Waals surface area contributed by atoms with Gasteiger partial charge >= 0.3 is 0 Å². The second-order valence-corrected chi connectivity index (χ2v) is 7.05. The van der Waals surface area contributed by atoms with Crippen LogP contribution in [-0.4, -0.2) is 48.6 Å². The standard InChI is InChI=1S/C16H30N2/c1-14-3-5-16(6-4-14)18-11-7-15(8-12-18)13-17-9-2-10-17/h14-16H,2-13H2,1H3. The lowest BCUT2D eigenvalue weighted by atomic mass is 9.85. The lowest BCUT2D eigenvalue weighted by Gasteiger charge is -2.42. The summed E-state index contributed by atoms with van der Waals surface area (Å²) in [6.07, 6.45) is 10.2. The van der Waals surface area contributed by atoms with Gasteiger partial charge in [0.1, 0.15) is 0 Å². The van der Waals surface area contributed by atoms with Gasteiger partial charge in [0.25, 0.3) is 0 Å². The Bertz CT molecular complexity index is 246. The molecular weight excluding hydrogens is 220 g/mol. The zero-order valence-electron chi connectivity index (χ0n) is 12.1. The minimum Gasteiger partial charge on any atom is -0.303 e. The molecule has 0 spiro atoms. The molecule has 3 fully saturated rings. The van der Waals surface area contributed by atoms with Crippen molar-refractivity contribution in [2.45, 2.75) is 57.9 Å². The molecule has 1 saturated carbocycles. The molecule has 18 heavy (non-hydrogen) atoms. The molecule has 104 valence electrons. The van der Waals surface area contributed by atoms with Gasteiger partial charge in [0.2, 0.25) is 0 Å². The van der Waals surface area contributed by atoms with Crippen LogP contribution in [-0.2, 0) is 0 Å². The van der Waals surface area contributed by atoms with E-state index in [9.17, 15) is 0 Å². The van der Waals surface area contributed by atoms with Crippen molar-refractivity contribution >= 4 is 0 Å². The molecule has 3 rings (SSSR count). The first-order chi connectivity index (χ1) is 8.81. The maximum atomic E-state index is 2.82. The van der Waals surface area contributed by atoms with Gasteiger partial charge < -0.3 is 9.80 Å². The molecule has 0 radical (unpaired) electrons. The van der Waals surface area contributed by atoms with Crippen LogP contribution >= 0.6 is 0 Å². The van der Waals surface area contributed by atoms with Crippen LogP contribution in [0.25, 0.3) is 0 Å². The maximum absolute atomic E-state index is 2.82. The Kier molecular flexibility index (Phi) is 4.25. The fourth-order valence-electron chi connectivity index (χ4n) is 4.04. The van der Waals surface area contributed by atoms with E-state index < -0.39 is 0 Å². The van der Waals surface area contributed by atoms with Gasteiger partial charge in [0, 0.05) is 12.6 Å². The zero-order chi connectivity index (χ0) is 12.4. The number of hydrogen-bond donors (Lipinski definition) is 0. The second kappa shape index (κ2) is 5.92. The van der Waals surface area contributed by atoms with Gasteiger partial charge in [-0.2, -0.15) is 0 Å². The SMILES string of the molecule is CC1CCC(N2CCC(CN3CCC3)CC2)CC1. The summed E-state index contributed by atoms with van der Waals surface area (Å²) in [6.45, 7) is 9.35. The summed E-state index contributed by atoms with van der Waals surface area (Å²) in [5.74, 6) is 1.99. The summed E-state index contributed by atoms with van der Waals surface area (Å²) in [5.41, 5.74) is 0. The summed E-state index contributed by atoms with van der Waals surface area (Å²) in [7, 11) is 0. The van der Waals surface area contributed by atoms with E-state index in [0.717, 1.165) is 17.9 Å². The number of hydrogen-bond acceptors (Lipinski definition) is 2. The Balaban J connectivity index is 1.39. The molecule has 0 N–H and O–H groups in total. The lowest BCUT2D eigenvalue weighted by Crippen LogP contribution is -2.46. The van der Waals surface area contributed by atoms with Crippen molar-refractivity contribution in [3.05, 3.63) is 0 Å². The van der Waals surface area contributed by atoms with Crippen molar-refractivity contribution < 1.29 is 0 Å². The zero-order valence-corrected chi connectivity index (χ0v) is 12.1. The second-order valence-electron chi connectivity index (χ2n) is 7.05. The molecule has 2 saturated heterocycles. The molecule has 2 heteroatoms. The minimum absolute atomic E-state index is 0.936. The third kappa shape index (κ3) is 3.08. The smallest absolute Gasteiger partial charge is 0.00954 e. The highest BCUT2D eigenvalue weighted by molar-refractivity contribution is 4.84. The predicted octanol–water partition coefficient (Wildman–Crippen LogP) is 2.98. The van der Waals surface area contributed by atoms with Crippen LogP contribution in [0, 0.1) is 11.8 Å². The number of rotatable bonds is 3. The van der Waals surface area contributed by atoms with Gasteiger partial charge in [-0.3, -0.25) is 0 Å². The van der Waals surface area contributed by atoms with Crippen LogP contribution in [0.2, 0.25) is 0 Å². The molecule has 2 aliphatic heterocycles. The molecule has 2 heterocycles. The Morgan fingerprint density at radius 3 is 2.06 bits per heavy atom. The molecular formula is C16H30N2. The molecule has 2 nitrogen and oxygen atoms in total. The summed E-state index contributed by atoms with van der Waals surface area (Å²) in [5, 5.41) is 0. The Morgan fingerprint density at radius 2 is 1.50 bits per heavy atom. The van der Waals surface area contributed by atoms with Crippen molar-refractivity contribution in [3.8, 4) is 0 Å². The first-order valence-electron chi connectivity index (χ1n) is 8.27. The highest BCUT2D eigenvalue weighted by Crippen LogP contribution is 2.30. The summed E-state index contributed by atoms with van der Waals surface area (Å²) >= 11 is 0. The lowest BCUT2D eigenvalue weighted by molar-refractivity contribution is 0.0712. The van der Waals surface area contributed by atoms with E-state index >= 15 is 0 Å². The summed E-state index contributed by atoms with van der Waals surface area (Å²) in [4.78, 5) is 5.47. The molecule has 1 aliphatic carbocycles. The van der Waals surface area contributed by atoms with Crippen molar-refractivity contribution in [2.24, 2.45) is 11.8 Å². The van der Waals surface area contributed by atoms with Crippen molar-refractivity contribution in [1.29, 1.82) is 0 Å². The highest BCUT2D eigenvalue weighted by atomic mass is 15.2. The molecule has 0 aromatic rings. The number of nitrogens with zero attached hydrogens (tertiary/aromatic N) is 2. The van der Waals surface area contributed by atoms with Gasteiger partial charge in [-0.05, 0) is 83.0 Å². The largest absolute Gasteiger partial charge is 0.303 e. The van der Waals surface area contributed by atoms with Crippen molar-refractivity contribution in [3.63, 3.8) is 0 Å². The summed E-state index contributed by atoms with van der Waals surface area (Å²) < 4.78 is 0. The first-order valence-corrected chi connectivity index (χ1v) is 8.27. The first kappa shape index (κ1) is 12.9. The van der Waals surface area contributed by atoms with Crippen LogP contribution in [0.3, 0.4) is 0 Å². The van der Waals surface area contributed by atoms with Gasteiger partial charge in [0.05, 0.1) is 0 Å². The van der Waals surface area contributed by atoms with E-state index in [2.05, 4.69) is 16.7 Å². The molecule has 0 amide bonds. The third-order valence-corrected chi connectivity index (χ3v) is 5.62. The Labute approximate surface area is 113 Å². The van der Waals surface area contributed by atoms with Crippen molar-refractivity contribution in [2.75, 3.05) is 32.7 Å². The minimum atomic E-state index is 0.936. The Hall–Kier alpha value is -0.0800. The highest BCUT2D eigenvalue weighted by Gasteiger charge is 2.29. The van der Waals surface area contributed by atoms with E-state index in [0.29, 0.717) is 0 Å².